The van der Waals surface area contributed by atoms with Gasteiger partial charge < -0.3 is 0 Å². The van der Waals surface area contributed by atoms with Crippen LogP contribution in [0, 0.1) is 5.92 Å². The lowest BCUT2D eigenvalue weighted by molar-refractivity contribution is 0.0975. The van der Waals surface area contributed by atoms with Gasteiger partial charge in [0.05, 0.1) is 0 Å². The molecule has 2 aromatic rings. The van der Waals surface area contributed by atoms with E-state index in [-0.39, 0.29) is 0 Å². The Morgan fingerprint density at radius 2 is 1.76 bits per heavy atom. The molecule has 21 heavy (non-hydrogen) atoms. The summed E-state index contributed by atoms with van der Waals surface area (Å²) >= 11 is 0. The molecule has 2 aliphatic rings. The molecule has 0 heterocycles. The van der Waals surface area contributed by atoms with Gasteiger partial charge >= 0.3 is 0 Å². The van der Waals surface area contributed by atoms with Crippen molar-refractivity contribution in [2.75, 3.05) is 0 Å². The highest BCUT2D eigenvalue weighted by molar-refractivity contribution is 6.10. The second kappa shape index (κ2) is 5.29. The Kier molecular flexibility index (Phi) is 3.29. The molecule has 0 unspecified atom stereocenters. The van der Waals surface area contributed by atoms with Crippen molar-refractivity contribution in [2.24, 2.45) is 5.92 Å². The fourth-order valence-electron chi connectivity index (χ4n) is 4.26. The first-order chi connectivity index (χ1) is 10.3. The van der Waals surface area contributed by atoms with Gasteiger partial charge in [0.25, 0.3) is 0 Å². The van der Waals surface area contributed by atoms with E-state index in [2.05, 4.69) is 30.3 Å². The summed E-state index contributed by atoms with van der Waals surface area (Å²) in [5.41, 5.74) is 3.80. The van der Waals surface area contributed by atoms with Gasteiger partial charge in [0.1, 0.15) is 0 Å². The minimum absolute atomic E-state index is 0.345. The Labute approximate surface area is 126 Å². The lowest BCUT2D eigenvalue weighted by atomic mass is 9.93. The molecule has 1 fully saturated rings. The summed E-state index contributed by atoms with van der Waals surface area (Å²) in [6.45, 7) is 0. The molecular weight excluding hydrogens is 256 g/mol. The monoisotopic (exact) mass is 278 g/mol. The standard InChI is InChI=1S/C20H22O/c21-19(13-8-14-4-1-2-5-14)17-12-11-16-10-9-15-6-3-7-18(17)20(15)16/h3,6-7,11-12,14H,1-2,4-5,8-10,13H2. The van der Waals surface area contributed by atoms with E-state index in [4.69, 9.17) is 0 Å². The molecule has 4 rings (SSSR count). The van der Waals surface area contributed by atoms with E-state index in [1.807, 2.05) is 0 Å². The van der Waals surface area contributed by atoms with E-state index in [9.17, 15) is 4.79 Å². The average molecular weight is 278 g/mol. The summed E-state index contributed by atoms with van der Waals surface area (Å²) in [5.74, 6) is 1.14. The van der Waals surface area contributed by atoms with Crippen LogP contribution >= 0.6 is 0 Å². The number of carbonyl (C=O) groups is 1. The zero-order valence-electron chi connectivity index (χ0n) is 12.5. The summed E-state index contributed by atoms with van der Waals surface area (Å²) in [6, 6.07) is 10.7. The molecule has 0 aromatic heterocycles. The van der Waals surface area contributed by atoms with Crippen LogP contribution in [-0.2, 0) is 12.8 Å². The normalized spacial score (nSPS) is 17.7. The number of aryl methyl sites for hydroxylation is 2. The maximum Gasteiger partial charge on any atom is 0.163 e. The van der Waals surface area contributed by atoms with Crippen molar-refractivity contribution in [3.63, 3.8) is 0 Å². The highest BCUT2D eigenvalue weighted by Crippen LogP contribution is 2.34. The quantitative estimate of drug-likeness (QED) is 0.712. The predicted octanol–water partition coefficient (Wildman–Crippen LogP) is 5.09. The van der Waals surface area contributed by atoms with Gasteiger partial charge in [-0.25, -0.2) is 0 Å². The second-order valence-electron chi connectivity index (χ2n) is 6.72. The molecule has 2 aromatic carbocycles. The van der Waals surface area contributed by atoms with Crippen LogP contribution in [0.3, 0.4) is 0 Å². The van der Waals surface area contributed by atoms with E-state index >= 15 is 0 Å². The van der Waals surface area contributed by atoms with Crippen LogP contribution in [0.25, 0.3) is 10.8 Å². The van der Waals surface area contributed by atoms with Gasteiger partial charge in [-0.2, -0.15) is 0 Å². The highest BCUT2D eigenvalue weighted by Gasteiger charge is 2.20. The van der Waals surface area contributed by atoms with Gasteiger partial charge in [0, 0.05) is 12.0 Å². The minimum atomic E-state index is 0.345. The highest BCUT2D eigenvalue weighted by atomic mass is 16.1. The Balaban J connectivity index is 1.63. The lowest BCUT2D eigenvalue weighted by Crippen LogP contribution is -2.04. The lowest BCUT2D eigenvalue weighted by Gasteiger charge is -2.10. The molecule has 2 aliphatic carbocycles. The topological polar surface area (TPSA) is 17.1 Å². The maximum absolute atomic E-state index is 12.7. The fourth-order valence-corrected chi connectivity index (χ4v) is 4.26. The summed E-state index contributed by atoms with van der Waals surface area (Å²) in [7, 11) is 0. The van der Waals surface area contributed by atoms with E-state index in [1.165, 1.54) is 47.6 Å². The molecule has 0 amide bonds. The molecule has 0 aliphatic heterocycles. The van der Waals surface area contributed by atoms with Gasteiger partial charge in [-0.15, -0.1) is 0 Å². The third-order valence-electron chi connectivity index (χ3n) is 5.43. The van der Waals surface area contributed by atoms with Crippen molar-refractivity contribution in [1.82, 2.24) is 0 Å². The van der Waals surface area contributed by atoms with Gasteiger partial charge in [-0.1, -0.05) is 56.0 Å². The van der Waals surface area contributed by atoms with Crippen molar-refractivity contribution in [3.05, 3.63) is 47.0 Å². The van der Waals surface area contributed by atoms with Gasteiger partial charge in [0.2, 0.25) is 0 Å². The second-order valence-corrected chi connectivity index (χ2v) is 6.72. The molecule has 1 saturated carbocycles. The Bertz CT molecular complexity index is 682. The molecule has 1 heteroatoms. The summed E-state index contributed by atoms with van der Waals surface area (Å²) < 4.78 is 0. The van der Waals surface area contributed by atoms with Gasteiger partial charge in [0.15, 0.2) is 5.78 Å². The number of ketones is 1. The molecular formula is C20H22O. The van der Waals surface area contributed by atoms with Crippen molar-refractivity contribution < 1.29 is 4.79 Å². The van der Waals surface area contributed by atoms with Crippen molar-refractivity contribution in [2.45, 2.75) is 51.4 Å². The number of hydrogen-bond acceptors (Lipinski definition) is 1. The summed E-state index contributed by atoms with van der Waals surface area (Å²) in [6.07, 6.45) is 9.46. The molecule has 0 radical (unpaired) electrons. The van der Waals surface area contributed by atoms with E-state index in [1.54, 1.807) is 0 Å². The molecule has 108 valence electrons. The summed E-state index contributed by atoms with van der Waals surface area (Å²) in [5, 5.41) is 2.56. The fraction of sp³-hybridized carbons (Fsp3) is 0.450. The number of benzene rings is 2. The molecule has 0 bridgehead atoms. The largest absolute Gasteiger partial charge is 0.294 e. The Morgan fingerprint density at radius 1 is 1.00 bits per heavy atom. The van der Waals surface area contributed by atoms with Gasteiger partial charge in [-0.05, 0) is 47.1 Å². The predicted molar refractivity (Wildman–Crippen MR) is 86.9 cm³/mol. The Morgan fingerprint density at radius 3 is 2.57 bits per heavy atom. The van der Waals surface area contributed by atoms with Crippen molar-refractivity contribution in [1.29, 1.82) is 0 Å². The first-order valence-electron chi connectivity index (χ1n) is 8.39. The van der Waals surface area contributed by atoms with Crippen molar-refractivity contribution in [3.8, 4) is 0 Å². The first kappa shape index (κ1) is 13.1. The van der Waals surface area contributed by atoms with Crippen LogP contribution in [0.2, 0.25) is 0 Å². The third-order valence-corrected chi connectivity index (χ3v) is 5.43. The zero-order valence-corrected chi connectivity index (χ0v) is 12.5. The number of hydrogen-bond donors (Lipinski definition) is 0. The molecule has 1 nitrogen and oxygen atoms in total. The molecule has 0 N–H and O–H groups in total. The third kappa shape index (κ3) is 2.29. The Hall–Kier alpha value is -1.63. The van der Waals surface area contributed by atoms with Crippen LogP contribution in [0.15, 0.2) is 30.3 Å². The summed E-state index contributed by atoms with van der Waals surface area (Å²) in [4.78, 5) is 12.7. The number of rotatable bonds is 4. The smallest absolute Gasteiger partial charge is 0.163 e. The van der Waals surface area contributed by atoms with Crippen LogP contribution in [0.5, 0.6) is 0 Å². The minimum Gasteiger partial charge on any atom is -0.294 e. The van der Waals surface area contributed by atoms with Crippen LogP contribution in [-0.4, -0.2) is 5.78 Å². The number of Topliss-reactive ketones (excluding diaryl/α,β-unsaturated/α-hetero) is 1. The van der Waals surface area contributed by atoms with Crippen molar-refractivity contribution >= 4 is 16.6 Å². The van der Waals surface area contributed by atoms with E-state index < -0.39 is 0 Å². The molecule has 0 spiro atoms. The zero-order chi connectivity index (χ0) is 14.2. The van der Waals surface area contributed by atoms with E-state index in [0.717, 1.165) is 37.2 Å². The number of carbonyl (C=O) groups excluding carboxylic acids is 1. The molecule has 0 atom stereocenters. The van der Waals surface area contributed by atoms with Gasteiger partial charge in [-0.3, -0.25) is 4.79 Å². The molecule has 0 saturated heterocycles. The average Bonchev–Trinajstić information content (AvgIpc) is 3.16. The van der Waals surface area contributed by atoms with Crippen LogP contribution in [0.1, 0.15) is 60.0 Å². The maximum atomic E-state index is 12.7. The SMILES string of the molecule is O=C(CCC1CCCC1)c1ccc2c3c(cccc13)CC2. The first-order valence-corrected chi connectivity index (χ1v) is 8.39. The van der Waals surface area contributed by atoms with E-state index in [0.29, 0.717) is 5.78 Å². The van der Waals surface area contributed by atoms with Crippen LogP contribution in [0.4, 0.5) is 0 Å². The van der Waals surface area contributed by atoms with Crippen LogP contribution < -0.4 is 0 Å².